The Hall–Kier alpha value is -1.36. The number of nitrogens with one attached hydrogen (secondary N) is 2. The zero-order chi connectivity index (χ0) is 14.8. The first-order valence-corrected chi connectivity index (χ1v) is 7.49. The fourth-order valence-corrected chi connectivity index (χ4v) is 2.94. The number of hydrogen-bond acceptors (Lipinski definition) is 3. The molecule has 112 valence electrons. The van der Waals surface area contributed by atoms with E-state index in [1.165, 1.54) is 4.90 Å². The van der Waals surface area contributed by atoms with Crippen molar-refractivity contribution in [1.82, 2.24) is 15.5 Å². The fraction of sp³-hybridized carbons (Fsp3) is 0.733. The number of carbonyl (C=O) groups excluding carboxylic acids is 2. The molecule has 5 nitrogen and oxygen atoms in total. The van der Waals surface area contributed by atoms with Gasteiger partial charge in [0.25, 0.3) is 5.91 Å². The monoisotopic (exact) mass is 279 g/mol. The fourth-order valence-electron chi connectivity index (χ4n) is 2.94. The van der Waals surface area contributed by atoms with E-state index < -0.39 is 5.54 Å². The molecule has 1 saturated heterocycles. The first-order valence-electron chi connectivity index (χ1n) is 7.49. The predicted molar refractivity (Wildman–Crippen MR) is 78.3 cm³/mol. The van der Waals surface area contributed by atoms with Gasteiger partial charge >= 0.3 is 6.03 Å². The van der Waals surface area contributed by atoms with E-state index in [9.17, 15) is 9.59 Å². The molecule has 1 aliphatic heterocycles. The highest BCUT2D eigenvalue weighted by Gasteiger charge is 2.51. The van der Waals surface area contributed by atoms with E-state index in [0.29, 0.717) is 19.1 Å². The van der Waals surface area contributed by atoms with Gasteiger partial charge in [-0.15, -0.1) is 0 Å². The van der Waals surface area contributed by atoms with E-state index >= 15 is 0 Å². The Morgan fingerprint density at radius 1 is 1.35 bits per heavy atom. The third-order valence-electron chi connectivity index (χ3n) is 4.10. The quantitative estimate of drug-likeness (QED) is 0.596. The van der Waals surface area contributed by atoms with Gasteiger partial charge in [-0.1, -0.05) is 39.7 Å². The number of hydrogen-bond donors (Lipinski definition) is 2. The maximum atomic E-state index is 12.5. The lowest BCUT2D eigenvalue weighted by atomic mass is 9.82. The van der Waals surface area contributed by atoms with Crippen molar-refractivity contribution in [3.05, 3.63) is 12.2 Å². The van der Waals surface area contributed by atoms with Gasteiger partial charge in [0.1, 0.15) is 5.54 Å². The topological polar surface area (TPSA) is 61.4 Å². The summed E-state index contributed by atoms with van der Waals surface area (Å²) in [5, 5.41) is 6.17. The summed E-state index contributed by atoms with van der Waals surface area (Å²) >= 11 is 0. The summed E-state index contributed by atoms with van der Waals surface area (Å²) in [5.41, 5.74) is 0.233. The molecule has 1 saturated carbocycles. The maximum Gasteiger partial charge on any atom is 0.325 e. The smallest absolute Gasteiger partial charge is 0.323 e. The molecule has 0 aromatic carbocycles. The van der Waals surface area contributed by atoms with Crippen LogP contribution in [0.25, 0.3) is 0 Å². The third kappa shape index (κ3) is 3.03. The van der Waals surface area contributed by atoms with Gasteiger partial charge in [-0.25, -0.2) is 4.79 Å². The lowest BCUT2D eigenvalue weighted by Crippen LogP contribution is -2.48. The average Bonchev–Trinajstić information content (AvgIpc) is 2.62. The van der Waals surface area contributed by atoms with Crippen LogP contribution in [0.2, 0.25) is 0 Å². The molecule has 3 amide bonds. The van der Waals surface area contributed by atoms with E-state index in [-0.39, 0.29) is 11.9 Å². The molecule has 2 rings (SSSR count). The van der Waals surface area contributed by atoms with E-state index in [1.807, 2.05) is 0 Å². The lowest BCUT2D eigenvalue weighted by Gasteiger charge is -2.30. The van der Waals surface area contributed by atoms with Crippen molar-refractivity contribution in [2.75, 3.05) is 13.1 Å². The Morgan fingerprint density at radius 2 is 2.00 bits per heavy atom. The van der Waals surface area contributed by atoms with Crippen molar-refractivity contribution < 1.29 is 9.59 Å². The highest BCUT2D eigenvalue weighted by Crippen LogP contribution is 2.33. The zero-order valence-electron chi connectivity index (χ0n) is 12.5. The first-order chi connectivity index (χ1) is 9.44. The van der Waals surface area contributed by atoms with E-state index in [4.69, 9.17) is 0 Å². The van der Waals surface area contributed by atoms with Gasteiger partial charge in [-0.3, -0.25) is 9.69 Å². The highest BCUT2D eigenvalue weighted by atomic mass is 16.2. The minimum Gasteiger partial charge on any atom is -0.323 e. The van der Waals surface area contributed by atoms with Crippen LogP contribution in [-0.4, -0.2) is 41.5 Å². The molecule has 1 aliphatic carbocycles. The first kappa shape index (κ1) is 15.0. The number of amides is 3. The van der Waals surface area contributed by atoms with Gasteiger partial charge < -0.3 is 10.6 Å². The molecule has 1 heterocycles. The highest BCUT2D eigenvalue weighted by molar-refractivity contribution is 6.07. The number of rotatable bonds is 5. The second-order valence-corrected chi connectivity index (χ2v) is 6.25. The molecule has 2 fully saturated rings. The summed E-state index contributed by atoms with van der Waals surface area (Å²) in [6.07, 6.45) is 4.71. The summed E-state index contributed by atoms with van der Waals surface area (Å²) in [7, 11) is 0. The van der Waals surface area contributed by atoms with Crippen molar-refractivity contribution in [3.8, 4) is 0 Å². The van der Waals surface area contributed by atoms with E-state index in [2.05, 4.69) is 31.1 Å². The van der Waals surface area contributed by atoms with Crippen molar-refractivity contribution in [2.24, 2.45) is 0 Å². The van der Waals surface area contributed by atoms with Crippen molar-refractivity contribution in [2.45, 2.75) is 57.5 Å². The molecule has 5 heteroatoms. The second kappa shape index (κ2) is 5.95. The zero-order valence-corrected chi connectivity index (χ0v) is 12.5. The molecule has 0 atom stereocenters. The largest absolute Gasteiger partial charge is 0.325 e. The van der Waals surface area contributed by atoms with Gasteiger partial charge in [0.15, 0.2) is 0 Å². The van der Waals surface area contributed by atoms with Gasteiger partial charge in [0.05, 0.1) is 6.54 Å². The second-order valence-electron chi connectivity index (χ2n) is 6.25. The molecule has 0 aromatic heterocycles. The lowest BCUT2D eigenvalue weighted by molar-refractivity contribution is -0.132. The summed E-state index contributed by atoms with van der Waals surface area (Å²) < 4.78 is 0. The van der Waals surface area contributed by atoms with Gasteiger partial charge in [-0.05, 0) is 18.4 Å². The number of carbonyl (C=O) groups is 2. The van der Waals surface area contributed by atoms with Crippen LogP contribution in [0.15, 0.2) is 12.2 Å². The Morgan fingerprint density at radius 3 is 2.60 bits per heavy atom. The molecule has 20 heavy (non-hydrogen) atoms. The van der Waals surface area contributed by atoms with Crippen LogP contribution in [0.1, 0.15) is 46.0 Å². The SMILES string of the molecule is C=C(CNC(C)C)CN1C(=O)NC2(CCCCC2)C1=O. The minimum absolute atomic E-state index is 0.0621. The Kier molecular flexibility index (Phi) is 4.48. The number of imide groups is 1. The van der Waals surface area contributed by atoms with Crippen molar-refractivity contribution >= 4 is 11.9 Å². The average molecular weight is 279 g/mol. The van der Waals surface area contributed by atoms with E-state index in [1.54, 1.807) is 0 Å². The Bertz CT molecular complexity index is 411. The molecule has 0 radical (unpaired) electrons. The van der Waals surface area contributed by atoms with Crippen molar-refractivity contribution in [3.63, 3.8) is 0 Å². The van der Waals surface area contributed by atoms with Crippen molar-refractivity contribution in [1.29, 1.82) is 0 Å². The minimum atomic E-state index is -0.624. The Balaban J connectivity index is 1.97. The van der Waals surface area contributed by atoms with Gasteiger partial charge in [-0.2, -0.15) is 0 Å². The summed E-state index contributed by atoms with van der Waals surface area (Å²) in [5.74, 6) is -0.0621. The maximum absolute atomic E-state index is 12.5. The molecule has 1 spiro atoms. The molecule has 0 bridgehead atoms. The van der Waals surface area contributed by atoms with E-state index in [0.717, 1.165) is 37.7 Å². The van der Waals surface area contributed by atoms with Crippen LogP contribution < -0.4 is 10.6 Å². The van der Waals surface area contributed by atoms with Gasteiger partial charge in [0.2, 0.25) is 0 Å². The molecular formula is C15H25N3O2. The molecule has 0 aromatic rings. The van der Waals surface area contributed by atoms with Crippen LogP contribution in [0, 0.1) is 0 Å². The molecule has 2 N–H and O–H groups in total. The van der Waals surface area contributed by atoms with Crippen LogP contribution in [-0.2, 0) is 4.79 Å². The van der Waals surface area contributed by atoms with Crippen LogP contribution in [0.4, 0.5) is 4.79 Å². The summed E-state index contributed by atoms with van der Waals surface area (Å²) in [6, 6.07) is 0.0992. The normalized spacial score (nSPS) is 21.6. The van der Waals surface area contributed by atoms with Crippen LogP contribution in [0.3, 0.4) is 0 Å². The molecular weight excluding hydrogens is 254 g/mol. The summed E-state index contributed by atoms with van der Waals surface area (Å²) in [4.78, 5) is 25.9. The number of urea groups is 1. The Labute approximate surface area is 120 Å². The summed E-state index contributed by atoms with van der Waals surface area (Å²) in [6.45, 7) is 9.00. The van der Waals surface area contributed by atoms with Crippen LogP contribution >= 0.6 is 0 Å². The van der Waals surface area contributed by atoms with Gasteiger partial charge in [0, 0.05) is 12.6 Å². The standard InChI is InChI=1S/C15H25N3O2/c1-11(2)16-9-12(3)10-18-13(19)15(17-14(18)20)7-5-4-6-8-15/h11,16H,3-10H2,1-2H3,(H,17,20). The van der Waals surface area contributed by atoms with Crippen LogP contribution in [0.5, 0.6) is 0 Å². The molecule has 0 unspecified atom stereocenters. The number of nitrogens with zero attached hydrogens (tertiary/aromatic N) is 1. The third-order valence-corrected chi connectivity index (χ3v) is 4.10. The molecule has 2 aliphatic rings. The predicted octanol–water partition coefficient (Wildman–Crippen LogP) is 1.80.